The number of nitrogens with two attached hydrogens (primary N) is 1. The van der Waals surface area contributed by atoms with Crippen LogP contribution in [0, 0.1) is 5.92 Å². The third kappa shape index (κ3) is 5.37. The van der Waals surface area contributed by atoms with Gasteiger partial charge < -0.3 is 15.8 Å². The number of benzene rings is 1. The number of hydrogen-bond acceptors (Lipinski definition) is 3. The highest BCUT2D eigenvalue weighted by atomic mass is 35.5. The minimum Gasteiger partial charge on any atom is -0.489 e. The maximum absolute atomic E-state index is 12.9. The molecule has 2 atom stereocenters. The molecule has 0 bridgehead atoms. The van der Waals surface area contributed by atoms with Crippen LogP contribution in [0.15, 0.2) is 30.9 Å². The average molecular weight is 379 g/mol. The van der Waals surface area contributed by atoms with Crippen molar-refractivity contribution in [1.82, 2.24) is 5.32 Å². The molecule has 1 saturated carbocycles. The molecule has 1 aromatic carbocycles. The van der Waals surface area contributed by atoms with E-state index in [9.17, 15) is 18.0 Å². The van der Waals surface area contributed by atoms with Crippen molar-refractivity contribution in [3.05, 3.63) is 42.0 Å². The molecular formula is C17H22ClF3N2O2. The van der Waals surface area contributed by atoms with Crippen molar-refractivity contribution in [2.75, 3.05) is 13.2 Å². The molecule has 0 aliphatic heterocycles. The van der Waals surface area contributed by atoms with E-state index in [1.807, 2.05) is 0 Å². The number of carbonyl (C=O) groups excluding carboxylic acids is 1. The Kier molecular flexibility index (Phi) is 7.76. The van der Waals surface area contributed by atoms with E-state index < -0.39 is 17.6 Å². The summed E-state index contributed by atoms with van der Waals surface area (Å²) in [5.74, 6) is -0.328. The Morgan fingerprint density at radius 2 is 2.12 bits per heavy atom. The van der Waals surface area contributed by atoms with E-state index in [1.165, 1.54) is 6.08 Å². The number of halogens is 4. The molecule has 4 nitrogen and oxygen atoms in total. The molecule has 2 unspecified atom stereocenters. The lowest BCUT2D eigenvalue weighted by atomic mass is 10.0. The molecule has 0 aromatic heterocycles. The van der Waals surface area contributed by atoms with Gasteiger partial charge in [-0.25, -0.2) is 0 Å². The van der Waals surface area contributed by atoms with Crippen LogP contribution in [0.2, 0.25) is 0 Å². The lowest BCUT2D eigenvalue weighted by molar-refractivity contribution is -0.137. The van der Waals surface area contributed by atoms with E-state index >= 15 is 0 Å². The van der Waals surface area contributed by atoms with Crippen LogP contribution in [0.3, 0.4) is 0 Å². The summed E-state index contributed by atoms with van der Waals surface area (Å²) in [5.41, 5.74) is 4.66. The summed E-state index contributed by atoms with van der Waals surface area (Å²) >= 11 is 0. The fourth-order valence-corrected chi connectivity index (χ4v) is 2.91. The van der Waals surface area contributed by atoms with Crippen LogP contribution in [0.25, 0.3) is 0 Å². The van der Waals surface area contributed by atoms with Crippen LogP contribution >= 0.6 is 12.4 Å². The van der Waals surface area contributed by atoms with E-state index in [0.717, 1.165) is 37.5 Å². The highest BCUT2D eigenvalue weighted by Gasteiger charge is 2.33. The Morgan fingerprint density at radius 1 is 1.40 bits per heavy atom. The van der Waals surface area contributed by atoms with Gasteiger partial charge in [-0.15, -0.1) is 12.4 Å². The molecule has 8 heteroatoms. The van der Waals surface area contributed by atoms with E-state index in [-0.39, 0.29) is 42.3 Å². The number of nitrogens with one attached hydrogen (secondary N) is 1. The Hall–Kier alpha value is -1.73. The zero-order valence-electron chi connectivity index (χ0n) is 13.6. The summed E-state index contributed by atoms with van der Waals surface area (Å²) in [7, 11) is 0. The summed E-state index contributed by atoms with van der Waals surface area (Å²) in [6.45, 7) is 4.03. The summed E-state index contributed by atoms with van der Waals surface area (Å²) in [5, 5.41) is 2.80. The van der Waals surface area contributed by atoms with Crippen molar-refractivity contribution in [3.63, 3.8) is 0 Å². The second kappa shape index (κ2) is 9.10. The monoisotopic (exact) mass is 378 g/mol. The zero-order valence-corrected chi connectivity index (χ0v) is 14.5. The number of alkyl halides is 3. The van der Waals surface area contributed by atoms with Crippen molar-refractivity contribution in [2.24, 2.45) is 11.7 Å². The SMILES string of the molecule is C=CCOc1ccc(C(F)(F)F)cc1C(=O)NC1CCCC1CN.Cl. The second-order valence-corrected chi connectivity index (χ2v) is 5.82. The van der Waals surface area contributed by atoms with Crippen LogP contribution in [-0.2, 0) is 6.18 Å². The smallest absolute Gasteiger partial charge is 0.416 e. The van der Waals surface area contributed by atoms with E-state index in [1.54, 1.807) is 0 Å². The first kappa shape index (κ1) is 21.3. The molecule has 1 aliphatic rings. The standard InChI is InChI=1S/C17H21F3N2O2.ClH/c1-2-8-24-15-7-6-12(17(18,19)20)9-13(15)16(23)22-14-5-3-4-11(14)10-21;/h2,6-7,9,11,14H,1,3-5,8,10,21H2,(H,22,23);1H. The fourth-order valence-electron chi connectivity index (χ4n) is 2.91. The minimum absolute atomic E-state index is 0. The van der Waals surface area contributed by atoms with Gasteiger partial charge in [-0.1, -0.05) is 19.1 Å². The molecule has 1 amide bonds. The Bertz CT molecular complexity index is 608. The third-order valence-electron chi connectivity index (χ3n) is 4.19. The van der Waals surface area contributed by atoms with E-state index in [2.05, 4.69) is 11.9 Å². The molecule has 1 aromatic rings. The normalized spacial score (nSPS) is 19.8. The van der Waals surface area contributed by atoms with Crippen molar-refractivity contribution < 1.29 is 22.7 Å². The molecule has 2 rings (SSSR count). The quantitative estimate of drug-likeness (QED) is 0.744. The van der Waals surface area contributed by atoms with Gasteiger partial charge in [0, 0.05) is 6.04 Å². The molecule has 3 N–H and O–H groups in total. The van der Waals surface area contributed by atoms with Gasteiger partial charge in [0.25, 0.3) is 5.91 Å². The van der Waals surface area contributed by atoms with Gasteiger partial charge in [0.2, 0.25) is 0 Å². The van der Waals surface area contributed by atoms with Gasteiger partial charge in [0.05, 0.1) is 11.1 Å². The fraction of sp³-hybridized carbons (Fsp3) is 0.471. The van der Waals surface area contributed by atoms with Crippen molar-refractivity contribution in [2.45, 2.75) is 31.5 Å². The molecule has 0 radical (unpaired) electrons. The molecule has 1 fully saturated rings. The molecular weight excluding hydrogens is 357 g/mol. The van der Waals surface area contributed by atoms with Crippen LogP contribution in [0.4, 0.5) is 13.2 Å². The maximum Gasteiger partial charge on any atom is 0.416 e. The van der Waals surface area contributed by atoms with E-state index in [4.69, 9.17) is 10.5 Å². The van der Waals surface area contributed by atoms with Crippen molar-refractivity contribution >= 4 is 18.3 Å². The molecule has 1 aliphatic carbocycles. The van der Waals surface area contributed by atoms with Crippen LogP contribution in [0.1, 0.15) is 35.2 Å². The zero-order chi connectivity index (χ0) is 17.7. The van der Waals surface area contributed by atoms with Crippen LogP contribution in [0.5, 0.6) is 5.75 Å². The first-order chi connectivity index (χ1) is 11.4. The van der Waals surface area contributed by atoms with Gasteiger partial charge in [-0.05, 0) is 43.5 Å². The highest BCUT2D eigenvalue weighted by molar-refractivity contribution is 5.97. The molecule has 140 valence electrons. The Labute approximate surface area is 151 Å². The predicted octanol–water partition coefficient (Wildman–Crippen LogP) is 3.55. The van der Waals surface area contributed by atoms with Crippen molar-refractivity contribution in [1.29, 1.82) is 0 Å². The number of rotatable bonds is 6. The minimum atomic E-state index is -4.53. The Morgan fingerprint density at radius 3 is 2.72 bits per heavy atom. The van der Waals surface area contributed by atoms with Crippen LogP contribution in [-0.4, -0.2) is 25.1 Å². The summed E-state index contributed by atoms with van der Waals surface area (Å²) in [6.07, 6.45) is -0.450. The largest absolute Gasteiger partial charge is 0.489 e. The summed E-state index contributed by atoms with van der Waals surface area (Å²) < 4.78 is 44.1. The predicted molar refractivity (Wildman–Crippen MR) is 92.0 cm³/mol. The third-order valence-corrected chi connectivity index (χ3v) is 4.19. The van der Waals surface area contributed by atoms with Crippen LogP contribution < -0.4 is 15.8 Å². The number of carbonyl (C=O) groups is 1. The van der Waals surface area contributed by atoms with Gasteiger partial charge >= 0.3 is 6.18 Å². The van der Waals surface area contributed by atoms with Gasteiger partial charge in [-0.3, -0.25) is 4.79 Å². The van der Waals surface area contributed by atoms with Gasteiger partial charge in [0.15, 0.2) is 0 Å². The molecule has 0 heterocycles. The average Bonchev–Trinajstić information content (AvgIpc) is 2.98. The maximum atomic E-state index is 12.9. The number of ether oxygens (including phenoxy) is 1. The lowest BCUT2D eigenvalue weighted by Gasteiger charge is -2.21. The summed E-state index contributed by atoms with van der Waals surface area (Å²) in [4.78, 5) is 12.5. The van der Waals surface area contributed by atoms with Crippen molar-refractivity contribution in [3.8, 4) is 5.75 Å². The first-order valence-corrected chi connectivity index (χ1v) is 7.82. The highest BCUT2D eigenvalue weighted by Crippen LogP contribution is 2.33. The lowest BCUT2D eigenvalue weighted by Crippen LogP contribution is -2.40. The van der Waals surface area contributed by atoms with Gasteiger partial charge in [-0.2, -0.15) is 13.2 Å². The second-order valence-electron chi connectivity index (χ2n) is 5.82. The molecule has 25 heavy (non-hydrogen) atoms. The Balaban J connectivity index is 0.00000312. The van der Waals surface area contributed by atoms with Gasteiger partial charge in [0.1, 0.15) is 12.4 Å². The topological polar surface area (TPSA) is 64.3 Å². The molecule has 0 spiro atoms. The summed E-state index contributed by atoms with van der Waals surface area (Å²) in [6, 6.07) is 2.76. The molecule has 0 saturated heterocycles. The first-order valence-electron chi connectivity index (χ1n) is 7.82. The number of amides is 1. The number of hydrogen-bond donors (Lipinski definition) is 2. The van der Waals surface area contributed by atoms with E-state index in [0.29, 0.717) is 6.54 Å².